The van der Waals surface area contributed by atoms with Crippen LogP contribution in [-0.4, -0.2) is 44.2 Å². The van der Waals surface area contributed by atoms with E-state index in [-0.39, 0.29) is 5.54 Å². The molecule has 0 fully saturated rings. The predicted octanol–water partition coefficient (Wildman–Crippen LogP) is 3.80. The average Bonchev–Trinajstić information content (AvgIpc) is 3.00. The Kier molecular flexibility index (Phi) is 10.4. The summed E-state index contributed by atoms with van der Waals surface area (Å²) in [5.41, 5.74) is 0.529. The second-order valence-electron chi connectivity index (χ2n) is 9.08. The Morgan fingerprint density at radius 2 is 1.31 bits per heavy atom. The van der Waals surface area contributed by atoms with Crippen LogP contribution in [0.2, 0.25) is 0 Å². The van der Waals surface area contributed by atoms with Crippen molar-refractivity contribution in [1.29, 1.82) is 0 Å². The van der Waals surface area contributed by atoms with Crippen molar-refractivity contribution in [1.82, 2.24) is 4.57 Å². The topological polar surface area (TPSA) is 36.5 Å². The molecule has 1 heterocycles. The molecule has 0 amide bonds. The Bertz CT molecular complexity index is 472. The molecule has 1 rings (SSSR count). The molecule has 1 aromatic heterocycles. The largest absolute Gasteiger partial charge is 0.379 e. The van der Waals surface area contributed by atoms with Crippen molar-refractivity contribution in [3.63, 3.8) is 0 Å². The monoisotopic (exact) mass is 369 g/mol. The van der Waals surface area contributed by atoms with E-state index in [1.165, 1.54) is 6.42 Å². The first kappa shape index (κ1) is 23.1. The van der Waals surface area contributed by atoms with E-state index in [9.17, 15) is 0 Å². The number of hydrogen-bond acceptors (Lipinski definition) is 3. The molecule has 1 aromatic rings. The summed E-state index contributed by atoms with van der Waals surface area (Å²) in [6.07, 6.45) is 9.72. The highest BCUT2D eigenvalue weighted by atomic mass is 16.5. The maximum atomic E-state index is 5.63. The first-order valence-corrected chi connectivity index (χ1v) is 9.99. The Labute approximate surface area is 160 Å². The summed E-state index contributed by atoms with van der Waals surface area (Å²) < 4.78 is 21.2. The van der Waals surface area contributed by atoms with Crippen LogP contribution in [0.1, 0.15) is 60.8 Å². The summed E-state index contributed by atoms with van der Waals surface area (Å²) in [6.45, 7) is 18.6. The van der Waals surface area contributed by atoms with Crippen LogP contribution >= 0.6 is 0 Å². The van der Waals surface area contributed by atoms with Gasteiger partial charge in [-0.05, 0) is 39.0 Å². The second-order valence-corrected chi connectivity index (χ2v) is 9.08. The van der Waals surface area contributed by atoms with E-state index in [2.05, 4.69) is 69.4 Å². The number of aromatic nitrogens is 2. The molecular weight excluding hydrogens is 328 g/mol. The second kappa shape index (κ2) is 11.7. The summed E-state index contributed by atoms with van der Waals surface area (Å²) in [6, 6.07) is 0. The van der Waals surface area contributed by atoms with Gasteiger partial charge in [0.25, 0.3) is 0 Å². The molecule has 0 unspecified atom stereocenters. The minimum absolute atomic E-state index is 0.134. The number of hydrogen-bond donors (Lipinski definition) is 0. The lowest BCUT2D eigenvalue weighted by Gasteiger charge is -2.17. The fourth-order valence-corrected chi connectivity index (χ4v) is 2.52. The van der Waals surface area contributed by atoms with Gasteiger partial charge in [0.1, 0.15) is 17.9 Å². The van der Waals surface area contributed by atoms with E-state index in [0.717, 1.165) is 32.6 Å². The van der Waals surface area contributed by atoms with Crippen LogP contribution in [0.4, 0.5) is 0 Å². The van der Waals surface area contributed by atoms with Gasteiger partial charge >= 0.3 is 0 Å². The zero-order valence-electron chi connectivity index (χ0n) is 17.9. The Morgan fingerprint density at radius 1 is 0.769 bits per heavy atom. The molecule has 152 valence electrons. The van der Waals surface area contributed by atoms with E-state index in [0.29, 0.717) is 31.8 Å². The Balaban J connectivity index is 1.87. The van der Waals surface area contributed by atoms with Gasteiger partial charge in [0.05, 0.1) is 39.6 Å². The maximum Gasteiger partial charge on any atom is 0.244 e. The van der Waals surface area contributed by atoms with Gasteiger partial charge in [-0.15, -0.1) is 0 Å². The molecule has 0 aliphatic carbocycles. The third-order valence-corrected chi connectivity index (χ3v) is 4.13. The number of aryl methyl sites for hydroxylation is 1. The normalized spacial score (nSPS) is 12.7. The van der Waals surface area contributed by atoms with Crippen molar-refractivity contribution < 1.29 is 18.8 Å². The van der Waals surface area contributed by atoms with Gasteiger partial charge in [-0.2, -0.15) is 0 Å². The van der Waals surface area contributed by atoms with Crippen molar-refractivity contribution in [3.05, 3.63) is 18.7 Å². The molecule has 0 atom stereocenters. The molecule has 0 aliphatic heterocycles. The van der Waals surface area contributed by atoms with Gasteiger partial charge in [0.15, 0.2) is 0 Å². The first-order chi connectivity index (χ1) is 12.2. The molecule has 0 bridgehead atoms. The van der Waals surface area contributed by atoms with Gasteiger partial charge in [0, 0.05) is 13.0 Å². The van der Waals surface area contributed by atoms with E-state index >= 15 is 0 Å². The van der Waals surface area contributed by atoms with Crippen LogP contribution in [0.25, 0.3) is 0 Å². The predicted molar refractivity (Wildman–Crippen MR) is 105 cm³/mol. The highest BCUT2D eigenvalue weighted by Crippen LogP contribution is 2.20. The summed E-state index contributed by atoms with van der Waals surface area (Å²) in [4.78, 5) is 0. The van der Waals surface area contributed by atoms with Crippen LogP contribution in [0.15, 0.2) is 18.7 Å². The van der Waals surface area contributed by atoms with Gasteiger partial charge in [-0.1, -0.05) is 20.8 Å². The quantitative estimate of drug-likeness (QED) is 0.392. The van der Waals surface area contributed by atoms with Crippen LogP contribution in [-0.2, 0) is 26.3 Å². The van der Waals surface area contributed by atoms with Crippen molar-refractivity contribution >= 4 is 0 Å². The molecular formula is C21H41N2O3+. The summed E-state index contributed by atoms with van der Waals surface area (Å²) in [5.74, 6) is 0. The molecule has 5 nitrogen and oxygen atoms in total. The van der Waals surface area contributed by atoms with E-state index < -0.39 is 0 Å². The average molecular weight is 370 g/mol. The number of rotatable bonds is 13. The van der Waals surface area contributed by atoms with Gasteiger partial charge < -0.3 is 14.2 Å². The van der Waals surface area contributed by atoms with Crippen LogP contribution < -0.4 is 4.57 Å². The van der Waals surface area contributed by atoms with Crippen LogP contribution in [0.5, 0.6) is 0 Å². The summed E-state index contributed by atoms with van der Waals surface area (Å²) in [5, 5.41) is 0. The number of ether oxygens (including phenoxy) is 3. The van der Waals surface area contributed by atoms with Crippen molar-refractivity contribution in [2.24, 2.45) is 5.41 Å². The highest BCUT2D eigenvalue weighted by molar-refractivity contribution is 4.78. The molecule has 5 heteroatoms. The molecule has 0 radical (unpaired) electrons. The smallest absolute Gasteiger partial charge is 0.244 e. The van der Waals surface area contributed by atoms with Gasteiger partial charge in [-0.25, -0.2) is 9.13 Å². The van der Waals surface area contributed by atoms with Crippen molar-refractivity contribution in [3.8, 4) is 0 Å². The number of imidazole rings is 1. The van der Waals surface area contributed by atoms with E-state index in [1.807, 2.05) is 0 Å². The molecule has 0 spiro atoms. The SMILES string of the molecule is CC(C)(C)CCCOCCOCCOCCC[n+]1ccn(C(C)(C)C)c1. The van der Waals surface area contributed by atoms with E-state index in [4.69, 9.17) is 14.2 Å². The highest BCUT2D eigenvalue weighted by Gasteiger charge is 2.18. The molecule has 0 aromatic carbocycles. The molecule has 0 saturated heterocycles. The molecule has 0 aliphatic rings. The van der Waals surface area contributed by atoms with Crippen LogP contribution in [0, 0.1) is 5.41 Å². The molecule has 0 saturated carbocycles. The lowest BCUT2D eigenvalue weighted by Crippen LogP contribution is -2.33. The van der Waals surface area contributed by atoms with Crippen molar-refractivity contribution in [2.45, 2.75) is 72.9 Å². The van der Waals surface area contributed by atoms with Crippen LogP contribution in [0.3, 0.4) is 0 Å². The third-order valence-electron chi connectivity index (χ3n) is 4.13. The lowest BCUT2D eigenvalue weighted by molar-refractivity contribution is -0.697. The Morgan fingerprint density at radius 3 is 1.81 bits per heavy atom. The maximum absolute atomic E-state index is 5.63. The molecule has 26 heavy (non-hydrogen) atoms. The first-order valence-electron chi connectivity index (χ1n) is 9.99. The van der Waals surface area contributed by atoms with Gasteiger partial charge in [0.2, 0.25) is 6.33 Å². The van der Waals surface area contributed by atoms with Crippen molar-refractivity contribution in [2.75, 3.05) is 39.6 Å². The lowest BCUT2D eigenvalue weighted by atomic mass is 9.91. The van der Waals surface area contributed by atoms with Gasteiger partial charge in [-0.3, -0.25) is 0 Å². The molecule has 0 N–H and O–H groups in total. The zero-order valence-corrected chi connectivity index (χ0v) is 17.9. The third kappa shape index (κ3) is 11.7. The minimum atomic E-state index is 0.134. The van der Waals surface area contributed by atoms with E-state index in [1.54, 1.807) is 0 Å². The standard InChI is InChI=1S/C21H41N2O3/c1-20(2,3)9-7-13-24-15-17-26-18-16-25-14-8-10-22-11-12-23(19-22)21(4,5)6/h11-12,19H,7-10,13-18H2,1-6H3/q+1. The summed E-state index contributed by atoms with van der Waals surface area (Å²) >= 11 is 0. The number of nitrogens with zero attached hydrogens (tertiary/aromatic N) is 2. The minimum Gasteiger partial charge on any atom is -0.379 e. The fourth-order valence-electron chi connectivity index (χ4n) is 2.52. The zero-order chi connectivity index (χ0) is 19.5. The fraction of sp³-hybridized carbons (Fsp3) is 0.857. The Hall–Kier alpha value is -0.910. The summed E-state index contributed by atoms with van der Waals surface area (Å²) in [7, 11) is 0.